The highest BCUT2D eigenvalue weighted by Crippen LogP contribution is 2.38. The van der Waals surface area contributed by atoms with Crippen molar-refractivity contribution in [2.24, 2.45) is 5.92 Å². The average Bonchev–Trinajstić information content (AvgIpc) is 3.10. The zero-order valence-corrected chi connectivity index (χ0v) is 17.8. The van der Waals surface area contributed by atoms with E-state index in [1.165, 1.54) is 43.4 Å². The minimum atomic E-state index is -0.0735. The number of aromatic nitrogens is 1. The zero-order chi connectivity index (χ0) is 20.4. The molecular formula is C22H27N3O3S. The standard InChI is InChI=1S/C22H27N3O3S/c1-14-21(16-9-10-18-17(12-16)25(2)20(27)13-28-18)24-22(29-14)23-19(26)11-8-15-6-4-3-5-7-15/h9-10,12,15H,3-8,11,13H2,1-2H3,(H,23,24,26). The fourth-order valence-electron chi connectivity index (χ4n) is 4.13. The maximum atomic E-state index is 12.4. The van der Waals surface area contributed by atoms with E-state index in [0.29, 0.717) is 23.2 Å². The number of nitrogens with one attached hydrogen (secondary N) is 1. The smallest absolute Gasteiger partial charge is 0.264 e. The first kappa shape index (κ1) is 19.9. The number of fused-ring (bicyclic) bond motifs is 1. The Hall–Kier alpha value is -2.41. The van der Waals surface area contributed by atoms with Crippen molar-refractivity contribution in [3.05, 3.63) is 23.1 Å². The molecule has 7 heteroatoms. The first-order valence-corrected chi connectivity index (χ1v) is 11.1. The van der Waals surface area contributed by atoms with E-state index in [1.54, 1.807) is 11.9 Å². The van der Waals surface area contributed by atoms with Crippen molar-refractivity contribution in [1.82, 2.24) is 4.98 Å². The molecule has 1 fully saturated rings. The fraction of sp³-hybridized carbons (Fsp3) is 0.500. The predicted molar refractivity (Wildman–Crippen MR) is 116 cm³/mol. The summed E-state index contributed by atoms with van der Waals surface area (Å²) in [5.74, 6) is 1.36. The lowest BCUT2D eigenvalue weighted by Crippen LogP contribution is -2.35. The third-order valence-electron chi connectivity index (χ3n) is 5.87. The van der Waals surface area contributed by atoms with Crippen LogP contribution in [0.1, 0.15) is 49.8 Å². The van der Waals surface area contributed by atoms with Crippen LogP contribution in [-0.2, 0) is 9.59 Å². The summed E-state index contributed by atoms with van der Waals surface area (Å²) in [5, 5.41) is 3.60. The molecule has 0 atom stereocenters. The number of carbonyl (C=O) groups is 2. The van der Waals surface area contributed by atoms with Crippen LogP contribution in [-0.4, -0.2) is 30.5 Å². The molecule has 1 aliphatic heterocycles. The van der Waals surface area contributed by atoms with Crippen LogP contribution in [0.5, 0.6) is 5.75 Å². The Morgan fingerprint density at radius 2 is 2.10 bits per heavy atom. The summed E-state index contributed by atoms with van der Waals surface area (Å²) < 4.78 is 5.50. The minimum absolute atomic E-state index is 0.0417. The van der Waals surface area contributed by atoms with Gasteiger partial charge in [-0.25, -0.2) is 4.98 Å². The van der Waals surface area contributed by atoms with Gasteiger partial charge in [0.1, 0.15) is 5.75 Å². The van der Waals surface area contributed by atoms with Gasteiger partial charge in [-0.05, 0) is 37.5 Å². The number of hydrogen-bond donors (Lipinski definition) is 1. The van der Waals surface area contributed by atoms with E-state index < -0.39 is 0 Å². The minimum Gasteiger partial charge on any atom is -0.482 e. The summed E-state index contributed by atoms with van der Waals surface area (Å²) in [5.41, 5.74) is 2.47. The Balaban J connectivity index is 1.44. The van der Waals surface area contributed by atoms with Gasteiger partial charge in [0.15, 0.2) is 11.7 Å². The van der Waals surface area contributed by atoms with Gasteiger partial charge in [0.25, 0.3) is 5.91 Å². The lowest BCUT2D eigenvalue weighted by molar-refractivity contribution is -0.121. The van der Waals surface area contributed by atoms with E-state index in [2.05, 4.69) is 10.3 Å². The number of benzene rings is 1. The van der Waals surface area contributed by atoms with Crippen molar-refractivity contribution in [2.75, 3.05) is 23.9 Å². The fourth-order valence-corrected chi connectivity index (χ4v) is 4.98. The second-order valence-electron chi connectivity index (χ2n) is 7.94. The summed E-state index contributed by atoms with van der Waals surface area (Å²) >= 11 is 1.48. The molecule has 4 rings (SSSR count). The van der Waals surface area contributed by atoms with Crippen LogP contribution < -0.4 is 15.0 Å². The van der Waals surface area contributed by atoms with E-state index in [-0.39, 0.29) is 18.4 Å². The van der Waals surface area contributed by atoms with E-state index >= 15 is 0 Å². The molecule has 0 unspecified atom stereocenters. The largest absolute Gasteiger partial charge is 0.482 e. The number of amides is 2. The highest BCUT2D eigenvalue weighted by molar-refractivity contribution is 7.16. The maximum absolute atomic E-state index is 12.4. The molecule has 29 heavy (non-hydrogen) atoms. The highest BCUT2D eigenvalue weighted by Gasteiger charge is 2.23. The SMILES string of the molecule is Cc1sc(NC(=O)CCC2CCCCC2)nc1-c1ccc2c(c1)N(C)C(=O)CO2. The highest BCUT2D eigenvalue weighted by atomic mass is 32.1. The third-order valence-corrected chi connectivity index (χ3v) is 6.75. The summed E-state index contributed by atoms with van der Waals surface area (Å²) in [4.78, 5) is 31.6. The van der Waals surface area contributed by atoms with Crippen molar-refractivity contribution in [3.8, 4) is 17.0 Å². The molecule has 1 aromatic heterocycles. The number of likely N-dealkylation sites (N-methyl/N-ethyl adjacent to an activating group) is 1. The van der Waals surface area contributed by atoms with E-state index in [9.17, 15) is 9.59 Å². The first-order chi connectivity index (χ1) is 14.0. The molecule has 2 amide bonds. The van der Waals surface area contributed by atoms with Gasteiger partial charge in [-0.3, -0.25) is 9.59 Å². The molecule has 1 aromatic carbocycles. The van der Waals surface area contributed by atoms with Crippen LogP contribution >= 0.6 is 11.3 Å². The van der Waals surface area contributed by atoms with Gasteiger partial charge in [0.2, 0.25) is 5.91 Å². The van der Waals surface area contributed by atoms with Crippen LogP contribution in [0.3, 0.4) is 0 Å². The Morgan fingerprint density at radius 1 is 1.31 bits per heavy atom. The molecule has 1 N–H and O–H groups in total. The molecule has 0 bridgehead atoms. The maximum Gasteiger partial charge on any atom is 0.264 e. The lowest BCUT2D eigenvalue weighted by Gasteiger charge is -2.26. The van der Waals surface area contributed by atoms with E-state index in [1.807, 2.05) is 25.1 Å². The molecule has 6 nitrogen and oxygen atoms in total. The lowest BCUT2D eigenvalue weighted by atomic mass is 9.86. The molecule has 2 heterocycles. The quantitative estimate of drug-likeness (QED) is 0.766. The van der Waals surface area contributed by atoms with Gasteiger partial charge >= 0.3 is 0 Å². The van der Waals surface area contributed by atoms with Gasteiger partial charge in [0.05, 0.1) is 11.4 Å². The summed E-state index contributed by atoms with van der Waals surface area (Å²) in [6, 6.07) is 5.73. The summed E-state index contributed by atoms with van der Waals surface area (Å²) in [6.07, 6.45) is 7.97. The molecule has 2 aliphatic rings. The number of anilines is 2. The van der Waals surface area contributed by atoms with Gasteiger partial charge in [-0.1, -0.05) is 32.1 Å². The number of ether oxygens (including phenoxy) is 1. The molecule has 1 aliphatic carbocycles. The number of thiazole rings is 1. The summed E-state index contributed by atoms with van der Waals surface area (Å²) in [6.45, 7) is 2.06. The Labute approximate surface area is 175 Å². The van der Waals surface area contributed by atoms with Crippen LogP contribution in [0, 0.1) is 12.8 Å². The Bertz CT molecular complexity index is 918. The van der Waals surface area contributed by atoms with Crippen LogP contribution in [0.4, 0.5) is 10.8 Å². The molecule has 1 saturated carbocycles. The van der Waals surface area contributed by atoms with Crippen molar-refractivity contribution in [1.29, 1.82) is 0 Å². The van der Waals surface area contributed by atoms with Crippen molar-refractivity contribution < 1.29 is 14.3 Å². The normalized spacial score (nSPS) is 17.0. The molecule has 2 aromatic rings. The van der Waals surface area contributed by atoms with Gasteiger partial charge in [0, 0.05) is 23.9 Å². The van der Waals surface area contributed by atoms with Crippen molar-refractivity contribution >= 4 is 34.0 Å². The van der Waals surface area contributed by atoms with Crippen molar-refractivity contribution in [2.45, 2.75) is 51.9 Å². The number of nitrogens with zero attached hydrogens (tertiary/aromatic N) is 2. The second kappa shape index (κ2) is 8.53. The van der Waals surface area contributed by atoms with E-state index in [0.717, 1.165) is 28.2 Å². The van der Waals surface area contributed by atoms with Crippen molar-refractivity contribution in [3.63, 3.8) is 0 Å². The molecule has 0 spiro atoms. The molecular weight excluding hydrogens is 386 g/mol. The first-order valence-electron chi connectivity index (χ1n) is 10.3. The molecule has 0 saturated heterocycles. The number of rotatable bonds is 5. The average molecular weight is 414 g/mol. The van der Waals surface area contributed by atoms with Crippen LogP contribution in [0.15, 0.2) is 18.2 Å². The number of carbonyl (C=O) groups excluding carboxylic acids is 2. The Kier molecular flexibility index (Phi) is 5.85. The third kappa shape index (κ3) is 4.45. The zero-order valence-electron chi connectivity index (χ0n) is 17.0. The molecule has 0 radical (unpaired) electrons. The van der Waals surface area contributed by atoms with Gasteiger partial charge in [-0.2, -0.15) is 0 Å². The van der Waals surface area contributed by atoms with Crippen LogP contribution in [0.25, 0.3) is 11.3 Å². The monoisotopic (exact) mass is 413 g/mol. The Morgan fingerprint density at radius 3 is 2.90 bits per heavy atom. The van der Waals surface area contributed by atoms with Crippen LogP contribution in [0.2, 0.25) is 0 Å². The van der Waals surface area contributed by atoms with E-state index in [4.69, 9.17) is 4.74 Å². The topological polar surface area (TPSA) is 71.5 Å². The number of aryl methyl sites for hydroxylation is 1. The number of hydrogen-bond acceptors (Lipinski definition) is 5. The summed E-state index contributed by atoms with van der Waals surface area (Å²) in [7, 11) is 1.75. The van der Waals surface area contributed by atoms with Gasteiger partial charge in [-0.15, -0.1) is 11.3 Å². The molecule has 154 valence electrons. The second-order valence-corrected chi connectivity index (χ2v) is 9.14. The predicted octanol–water partition coefficient (Wildman–Crippen LogP) is 4.77. The van der Waals surface area contributed by atoms with Gasteiger partial charge < -0.3 is 15.0 Å².